The molecule has 0 unspecified atom stereocenters. The van der Waals surface area contributed by atoms with Crippen LogP contribution in [0.15, 0.2) is 0 Å². The van der Waals surface area contributed by atoms with E-state index in [0.717, 1.165) is 44.8 Å². The quantitative estimate of drug-likeness (QED) is 0.0722. The van der Waals surface area contributed by atoms with Gasteiger partial charge < -0.3 is 4.74 Å². The van der Waals surface area contributed by atoms with Crippen molar-refractivity contribution in [1.29, 1.82) is 0 Å². The Hall–Kier alpha value is 0.790. The van der Waals surface area contributed by atoms with Crippen LogP contribution in [0.2, 0.25) is 3.67 Å². The summed E-state index contributed by atoms with van der Waals surface area (Å²) in [5.41, 5.74) is 0. The molecule has 8 heteroatoms. The maximum atomic E-state index is 8.74. The van der Waals surface area contributed by atoms with E-state index in [2.05, 4.69) is 13.8 Å². The molecule has 0 heterocycles. The van der Waals surface area contributed by atoms with Gasteiger partial charge >= 0.3 is 53.7 Å². The van der Waals surface area contributed by atoms with Crippen molar-refractivity contribution in [1.82, 2.24) is 0 Å². The van der Waals surface area contributed by atoms with E-state index in [9.17, 15) is 0 Å². The van der Waals surface area contributed by atoms with Crippen molar-refractivity contribution >= 4 is 38.3 Å². The van der Waals surface area contributed by atoms with E-state index in [1.54, 1.807) is 0 Å². The number of aliphatic hydroxyl groups excluding tert-OH is 1. The summed E-state index contributed by atoms with van der Waals surface area (Å²) < 4.78 is 38.4. The van der Waals surface area contributed by atoms with Gasteiger partial charge in [0, 0.05) is 13.2 Å². The first-order valence-electron chi connectivity index (χ1n) is 14.2. The number of hydrogen-bond donors (Lipinski definition) is 3. The van der Waals surface area contributed by atoms with Gasteiger partial charge in [0.15, 0.2) is 0 Å². The fourth-order valence-electron chi connectivity index (χ4n) is 3.49. The molecule has 0 radical (unpaired) electrons. The van der Waals surface area contributed by atoms with Crippen molar-refractivity contribution in [2.24, 2.45) is 0 Å². The Balaban J connectivity index is -0.000000900. The van der Waals surface area contributed by atoms with Gasteiger partial charge in [0.05, 0.1) is 0 Å². The van der Waals surface area contributed by atoms with Crippen LogP contribution in [0.25, 0.3) is 0 Å². The predicted molar refractivity (Wildman–Crippen MR) is 146 cm³/mol. The van der Waals surface area contributed by atoms with Crippen molar-refractivity contribution in [2.45, 2.75) is 146 Å². The average Bonchev–Trinajstić information content (AvgIpc) is 2.79. The zero-order valence-electron chi connectivity index (χ0n) is 22.9. The van der Waals surface area contributed by atoms with Gasteiger partial charge in [-0.25, -0.2) is 0 Å². The molecule has 0 aromatic rings. The molecule has 0 aliphatic rings. The Kier molecular flexibility index (Phi) is 41.6. The fourth-order valence-corrected chi connectivity index (χ4v) is 3.49. The Morgan fingerprint density at radius 1 is 0.559 bits per heavy atom. The van der Waals surface area contributed by atoms with Gasteiger partial charge in [-0.05, 0) is 12.8 Å². The van der Waals surface area contributed by atoms with E-state index < -0.39 is 10.4 Å². The summed E-state index contributed by atoms with van der Waals surface area (Å²) in [4.78, 5) is 0. The third kappa shape index (κ3) is 58.6. The number of unbranched alkanes of at least 4 members (excludes halogenated alkanes) is 18. The number of aliphatic hydroxyl groups is 1. The minimum absolute atomic E-state index is 0.381. The topological polar surface area (TPSA) is 104 Å². The molecule has 0 amide bonds. The molecule has 204 valence electrons. The standard InChI is InChI=1S/C24H50O.C2H5O.Na.H2O4S/c1-3-5-7-9-11-13-15-17-19-21-23-25-24-22-20-18-16-14-12-10-8-6-4-2;1-2-3;;1-5(2,3)4/h3-24H2,1-2H3;3H,1-2H2;;(H2,1,2,3,4). The Morgan fingerprint density at radius 3 is 0.971 bits per heavy atom. The fraction of sp³-hybridized carbons (Fsp3) is 1.00. The van der Waals surface area contributed by atoms with Crippen LogP contribution in [-0.2, 0) is 15.1 Å². The SMILES string of the molecule is CCCCCCCCCCCCOCCCCCCCCCCCC.O=S(=O)(O)O.OC[CH2][Na]. The molecule has 0 saturated heterocycles. The van der Waals surface area contributed by atoms with Crippen LogP contribution >= 0.6 is 0 Å². The van der Waals surface area contributed by atoms with Gasteiger partial charge in [0.1, 0.15) is 0 Å². The molecule has 0 aromatic carbocycles. The summed E-state index contributed by atoms with van der Waals surface area (Å²) in [5, 5.41) is 7.91. The van der Waals surface area contributed by atoms with Gasteiger partial charge in [0.25, 0.3) is 0 Å². The van der Waals surface area contributed by atoms with Crippen molar-refractivity contribution < 1.29 is 27.4 Å². The van der Waals surface area contributed by atoms with Crippen LogP contribution in [-0.4, -0.2) is 70.4 Å². The number of hydrogen-bond acceptors (Lipinski definition) is 4. The third-order valence-electron chi connectivity index (χ3n) is 5.51. The minimum atomic E-state index is -4.67. The zero-order chi connectivity index (χ0) is 26.2. The van der Waals surface area contributed by atoms with Gasteiger partial charge in [-0.15, -0.1) is 0 Å². The molecule has 34 heavy (non-hydrogen) atoms. The van der Waals surface area contributed by atoms with Crippen molar-refractivity contribution in [3.63, 3.8) is 0 Å². The molecule has 0 bridgehead atoms. The van der Waals surface area contributed by atoms with E-state index in [-0.39, 0.29) is 0 Å². The van der Waals surface area contributed by atoms with E-state index in [0.29, 0.717) is 6.61 Å². The maximum absolute atomic E-state index is 8.74. The van der Waals surface area contributed by atoms with Crippen LogP contribution < -0.4 is 0 Å². The van der Waals surface area contributed by atoms with Crippen LogP contribution in [0.3, 0.4) is 0 Å². The summed E-state index contributed by atoms with van der Waals surface area (Å²) in [6.07, 6.45) is 28.2. The molecule has 0 saturated carbocycles. The first-order chi connectivity index (χ1) is 16.3. The summed E-state index contributed by atoms with van der Waals surface area (Å²) in [6, 6.07) is 0. The van der Waals surface area contributed by atoms with Gasteiger partial charge in [0.2, 0.25) is 0 Å². The summed E-state index contributed by atoms with van der Waals surface area (Å²) in [6.45, 7) is 6.95. The van der Waals surface area contributed by atoms with E-state index in [1.807, 2.05) is 0 Å². The van der Waals surface area contributed by atoms with Crippen LogP contribution in [0, 0.1) is 0 Å². The summed E-state index contributed by atoms with van der Waals surface area (Å²) in [7, 11) is -4.67. The molecule has 6 nitrogen and oxygen atoms in total. The molecule has 0 aromatic heterocycles. The second-order valence-corrected chi connectivity index (χ2v) is 11.0. The first kappa shape index (κ1) is 39.3. The van der Waals surface area contributed by atoms with Gasteiger partial charge in [-0.2, -0.15) is 8.42 Å². The van der Waals surface area contributed by atoms with Crippen LogP contribution in [0.5, 0.6) is 0 Å². The van der Waals surface area contributed by atoms with E-state index in [1.165, 1.54) is 128 Å². The monoisotopic (exact) mass is 520 g/mol. The van der Waals surface area contributed by atoms with E-state index in [4.69, 9.17) is 27.4 Å². The van der Waals surface area contributed by atoms with Crippen LogP contribution in [0.4, 0.5) is 0 Å². The molecule has 0 aliphatic heterocycles. The van der Waals surface area contributed by atoms with Gasteiger partial charge in [-0.1, -0.05) is 129 Å². The summed E-state index contributed by atoms with van der Waals surface area (Å²) in [5.74, 6) is 0. The molecular formula is C26H57NaO6S. The van der Waals surface area contributed by atoms with Crippen molar-refractivity contribution in [3.05, 3.63) is 0 Å². The second kappa shape index (κ2) is 35.9. The second-order valence-electron chi connectivity index (χ2n) is 9.15. The van der Waals surface area contributed by atoms with Crippen molar-refractivity contribution in [2.75, 3.05) is 19.8 Å². The third-order valence-corrected chi connectivity index (χ3v) is 5.96. The molecule has 3 N–H and O–H groups in total. The van der Waals surface area contributed by atoms with Crippen LogP contribution in [0.1, 0.15) is 142 Å². The zero-order valence-corrected chi connectivity index (χ0v) is 25.8. The Morgan fingerprint density at radius 2 is 0.765 bits per heavy atom. The number of rotatable bonds is 23. The van der Waals surface area contributed by atoms with Crippen molar-refractivity contribution in [3.8, 4) is 0 Å². The summed E-state index contributed by atoms with van der Waals surface area (Å²) >= 11 is 1.14. The first-order valence-corrected chi connectivity index (χ1v) is 17.0. The molecule has 0 spiro atoms. The normalized spacial score (nSPS) is 10.9. The predicted octanol–water partition coefficient (Wildman–Crippen LogP) is 7.76. The molecule has 0 aliphatic carbocycles. The molecule has 0 fully saturated rings. The van der Waals surface area contributed by atoms with Gasteiger partial charge in [-0.3, -0.25) is 9.11 Å². The number of ether oxygens (including phenoxy) is 1. The average molecular weight is 521 g/mol. The van der Waals surface area contributed by atoms with E-state index >= 15 is 0 Å². The molecule has 0 atom stereocenters. The Labute approximate surface area is 230 Å². The Bertz CT molecular complexity index is 403. The molecule has 0 rings (SSSR count). The molecular weight excluding hydrogens is 463 g/mol.